The van der Waals surface area contributed by atoms with Gasteiger partial charge in [-0.1, -0.05) is 29.3 Å². The summed E-state index contributed by atoms with van der Waals surface area (Å²) in [7, 11) is 1.53. The molecule has 184 valence electrons. The monoisotopic (exact) mass is 655 g/mol. The smallest absolute Gasteiger partial charge is 0.281 e. The zero-order chi connectivity index (χ0) is 25.8. The van der Waals surface area contributed by atoms with Gasteiger partial charge in [-0.25, -0.2) is 5.43 Å². The number of nitro groups is 1. The Morgan fingerprint density at radius 2 is 1.97 bits per heavy atom. The number of nitrogens with one attached hydrogen (secondary N) is 1. The first-order chi connectivity index (χ1) is 17.2. The zero-order valence-corrected chi connectivity index (χ0v) is 22.9. The largest absolute Gasteiger partial charge is 0.493 e. The van der Waals surface area contributed by atoms with E-state index in [2.05, 4.69) is 33.1 Å². The second-order valence-corrected chi connectivity index (χ2v) is 10.4. The van der Waals surface area contributed by atoms with E-state index in [0.717, 1.165) is 13.8 Å². The molecule has 0 aliphatic carbocycles. The van der Waals surface area contributed by atoms with Crippen LogP contribution in [0.4, 0.5) is 5.69 Å². The minimum absolute atomic E-state index is 0.0294. The highest BCUT2D eigenvalue weighted by atomic mass is 127. The van der Waals surface area contributed by atoms with Gasteiger partial charge in [0.1, 0.15) is 6.61 Å². The molecule has 4 aromatic rings. The molecule has 0 radical (unpaired) electrons. The first-order valence-corrected chi connectivity index (χ1v) is 12.9. The number of methoxy groups -OCH3 is 1. The summed E-state index contributed by atoms with van der Waals surface area (Å²) in [5.74, 6) is 0.643. The van der Waals surface area contributed by atoms with Gasteiger partial charge in [0.15, 0.2) is 11.5 Å². The Bertz CT molecular complexity index is 1510. The van der Waals surface area contributed by atoms with Gasteiger partial charge in [-0.3, -0.25) is 14.9 Å². The average Bonchev–Trinajstić information content (AvgIpc) is 3.28. The van der Waals surface area contributed by atoms with Gasteiger partial charge in [-0.2, -0.15) is 5.10 Å². The fourth-order valence-electron chi connectivity index (χ4n) is 3.22. The standard InChI is InChI=1S/C24H16Cl2IN3O5S/c1-34-20-8-14(7-19(27)23(20)35-12-13-2-4-17(25)18(26)6-13)11-28-29-24(31)22-10-15-9-16(30(32)33)3-5-21(15)36-22/h2-11H,12H2,1H3,(H,29,31)/b28-11-. The molecule has 3 aromatic carbocycles. The average molecular weight is 656 g/mol. The van der Waals surface area contributed by atoms with Crippen molar-refractivity contribution in [2.45, 2.75) is 6.61 Å². The third-order valence-electron chi connectivity index (χ3n) is 4.93. The molecule has 0 aliphatic heterocycles. The van der Waals surface area contributed by atoms with Crippen molar-refractivity contribution in [1.29, 1.82) is 0 Å². The van der Waals surface area contributed by atoms with Gasteiger partial charge >= 0.3 is 0 Å². The molecular weight excluding hydrogens is 640 g/mol. The van der Waals surface area contributed by atoms with Crippen molar-refractivity contribution in [3.63, 3.8) is 0 Å². The summed E-state index contributed by atoms with van der Waals surface area (Å²) >= 11 is 15.4. The van der Waals surface area contributed by atoms with Crippen LogP contribution in [-0.2, 0) is 6.61 Å². The van der Waals surface area contributed by atoms with Gasteiger partial charge in [0, 0.05) is 22.2 Å². The Labute approximate surface area is 233 Å². The fourth-order valence-corrected chi connectivity index (χ4v) is 5.25. The normalized spacial score (nSPS) is 11.1. The van der Waals surface area contributed by atoms with E-state index in [0.29, 0.717) is 37.4 Å². The Morgan fingerprint density at radius 3 is 2.69 bits per heavy atom. The third-order valence-corrected chi connectivity index (χ3v) is 7.59. The van der Waals surface area contributed by atoms with E-state index >= 15 is 0 Å². The summed E-state index contributed by atoms with van der Waals surface area (Å²) in [6.07, 6.45) is 1.49. The van der Waals surface area contributed by atoms with Crippen molar-refractivity contribution in [2.75, 3.05) is 7.11 Å². The van der Waals surface area contributed by atoms with Crippen LogP contribution >= 0.6 is 57.1 Å². The van der Waals surface area contributed by atoms with E-state index in [1.54, 1.807) is 30.3 Å². The molecule has 0 aliphatic rings. The van der Waals surface area contributed by atoms with Crippen LogP contribution in [0.3, 0.4) is 0 Å². The highest BCUT2D eigenvalue weighted by Gasteiger charge is 2.14. The van der Waals surface area contributed by atoms with Gasteiger partial charge in [0.05, 0.1) is 36.7 Å². The lowest BCUT2D eigenvalue weighted by molar-refractivity contribution is -0.384. The Hall–Kier alpha value is -2.93. The van der Waals surface area contributed by atoms with E-state index in [9.17, 15) is 14.9 Å². The second kappa shape index (κ2) is 11.4. The molecule has 1 aromatic heterocycles. The van der Waals surface area contributed by atoms with Crippen LogP contribution in [0.5, 0.6) is 11.5 Å². The van der Waals surface area contributed by atoms with Crippen LogP contribution in [0.15, 0.2) is 59.7 Å². The zero-order valence-electron chi connectivity index (χ0n) is 18.5. The maximum Gasteiger partial charge on any atom is 0.281 e. The number of non-ortho nitro benzene ring substituents is 1. The number of thiophene rings is 1. The van der Waals surface area contributed by atoms with Crippen LogP contribution in [-0.4, -0.2) is 24.2 Å². The van der Waals surface area contributed by atoms with Crippen molar-refractivity contribution in [3.8, 4) is 11.5 Å². The minimum Gasteiger partial charge on any atom is -0.493 e. The van der Waals surface area contributed by atoms with E-state index in [4.69, 9.17) is 32.7 Å². The molecule has 1 heterocycles. The number of carbonyl (C=O) groups is 1. The number of rotatable bonds is 8. The van der Waals surface area contributed by atoms with Crippen LogP contribution in [0.1, 0.15) is 20.8 Å². The maximum atomic E-state index is 12.5. The Morgan fingerprint density at radius 1 is 1.17 bits per heavy atom. The lowest BCUT2D eigenvalue weighted by Crippen LogP contribution is -2.16. The highest BCUT2D eigenvalue weighted by molar-refractivity contribution is 14.1. The molecule has 0 fully saturated rings. The number of halogens is 3. The number of carbonyl (C=O) groups excluding carboxylic acids is 1. The molecule has 0 unspecified atom stereocenters. The summed E-state index contributed by atoms with van der Waals surface area (Å²) in [6, 6.07) is 14.9. The molecule has 1 amide bonds. The quantitative estimate of drug-likeness (QED) is 0.0946. The van der Waals surface area contributed by atoms with Crippen LogP contribution in [0.2, 0.25) is 10.0 Å². The summed E-state index contributed by atoms with van der Waals surface area (Å²) in [4.78, 5) is 23.4. The number of hydrazone groups is 1. The summed E-state index contributed by atoms with van der Waals surface area (Å²) in [5, 5.41) is 16.5. The van der Waals surface area contributed by atoms with Crippen molar-refractivity contribution in [1.82, 2.24) is 5.43 Å². The number of nitrogens with zero attached hydrogens (tertiary/aromatic N) is 2. The molecule has 0 atom stereocenters. The van der Waals surface area contributed by atoms with Crippen molar-refractivity contribution in [3.05, 3.63) is 94.3 Å². The van der Waals surface area contributed by atoms with Crippen LogP contribution in [0.25, 0.3) is 10.1 Å². The van der Waals surface area contributed by atoms with Crippen molar-refractivity contribution >= 4 is 85.0 Å². The molecule has 0 spiro atoms. The van der Waals surface area contributed by atoms with E-state index in [1.807, 2.05) is 12.1 Å². The lowest BCUT2D eigenvalue weighted by Gasteiger charge is -2.14. The SMILES string of the molecule is COc1cc(/C=N\NC(=O)c2cc3cc([N+](=O)[O-])ccc3s2)cc(I)c1OCc1ccc(Cl)c(Cl)c1. The summed E-state index contributed by atoms with van der Waals surface area (Å²) in [6.45, 7) is 0.269. The van der Waals surface area contributed by atoms with Crippen molar-refractivity contribution in [2.24, 2.45) is 5.10 Å². The second-order valence-electron chi connectivity index (χ2n) is 7.36. The number of fused-ring (bicyclic) bond motifs is 1. The molecule has 12 heteroatoms. The van der Waals surface area contributed by atoms with Crippen molar-refractivity contribution < 1.29 is 19.2 Å². The predicted molar refractivity (Wildman–Crippen MR) is 150 cm³/mol. The first kappa shape index (κ1) is 26.1. The maximum absolute atomic E-state index is 12.5. The number of benzene rings is 3. The molecule has 8 nitrogen and oxygen atoms in total. The van der Waals surface area contributed by atoms with E-state index < -0.39 is 10.8 Å². The highest BCUT2D eigenvalue weighted by Crippen LogP contribution is 2.35. The topological polar surface area (TPSA) is 103 Å². The van der Waals surface area contributed by atoms with E-state index in [-0.39, 0.29) is 12.3 Å². The Kier molecular flexibility index (Phi) is 8.29. The van der Waals surface area contributed by atoms with E-state index in [1.165, 1.54) is 36.8 Å². The number of ether oxygens (including phenoxy) is 2. The Balaban J connectivity index is 1.44. The van der Waals surface area contributed by atoms with Gasteiger partial charge in [-0.05, 0) is 70.1 Å². The van der Waals surface area contributed by atoms with Gasteiger partial charge in [0.2, 0.25) is 0 Å². The molecular formula is C24H16Cl2IN3O5S. The van der Waals surface area contributed by atoms with Crippen LogP contribution in [0, 0.1) is 13.7 Å². The summed E-state index contributed by atoms with van der Waals surface area (Å²) < 4.78 is 13.0. The minimum atomic E-state index is -0.472. The molecule has 1 N–H and O–H groups in total. The fraction of sp³-hybridized carbons (Fsp3) is 0.0833. The number of hydrogen-bond acceptors (Lipinski definition) is 7. The number of amides is 1. The first-order valence-electron chi connectivity index (χ1n) is 10.2. The number of hydrogen-bond donors (Lipinski definition) is 1. The molecule has 4 rings (SSSR count). The molecule has 0 saturated heterocycles. The van der Waals surface area contributed by atoms with Crippen LogP contribution < -0.4 is 14.9 Å². The van der Waals surface area contributed by atoms with Gasteiger partial charge in [0.25, 0.3) is 11.6 Å². The molecule has 36 heavy (non-hydrogen) atoms. The third kappa shape index (κ3) is 6.06. The van der Waals surface area contributed by atoms with Gasteiger partial charge in [-0.15, -0.1) is 11.3 Å². The lowest BCUT2D eigenvalue weighted by atomic mass is 10.2. The molecule has 0 bridgehead atoms. The van der Waals surface area contributed by atoms with Gasteiger partial charge < -0.3 is 9.47 Å². The predicted octanol–water partition coefficient (Wildman–Crippen LogP) is 7.07. The molecule has 0 saturated carbocycles. The summed E-state index contributed by atoms with van der Waals surface area (Å²) in [5.41, 5.74) is 3.99. The number of nitro benzene ring substituents is 1.